The smallest absolute Gasteiger partial charge is 0.244 e. The van der Waals surface area contributed by atoms with Crippen molar-refractivity contribution in [3.8, 4) is 0 Å². The first-order valence-electron chi connectivity index (χ1n) is 2.40. The predicted molar refractivity (Wildman–Crippen MR) is 29.0 cm³/mol. The Morgan fingerprint density at radius 1 is 1.17 bits per heavy atom. The highest BCUT2D eigenvalue weighted by Crippen LogP contribution is 2.37. The minimum Gasteiger partial charge on any atom is -0.244 e. The van der Waals surface area contributed by atoms with Gasteiger partial charge in [0.05, 0.1) is 0 Å². The van der Waals surface area contributed by atoms with Gasteiger partial charge in [0.15, 0.2) is 6.67 Å². The molecule has 0 aromatic rings. The molecule has 0 bridgehead atoms. The van der Waals surface area contributed by atoms with Crippen LogP contribution in [0.3, 0.4) is 0 Å². The topological polar surface area (TPSA) is 60.2 Å². The molecule has 0 fully saturated rings. The molecule has 0 aromatic carbocycles. The number of rotatable bonds is 3. The molecular weight excluding hydrogens is 209 g/mol. The van der Waals surface area contributed by atoms with Crippen molar-refractivity contribution in [3.63, 3.8) is 0 Å². The summed E-state index contributed by atoms with van der Waals surface area (Å²) < 4.78 is 78.6. The summed E-state index contributed by atoms with van der Waals surface area (Å²) in [6.45, 7) is -2.80. The molecule has 9 heteroatoms. The molecule has 2 N–H and O–H groups in total. The van der Waals surface area contributed by atoms with E-state index in [0.717, 1.165) is 0 Å². The Balaban J connectivity index is 5.13. The second kappa shape index (κ2) is 2.80. The van der Waals surface area contributed by atoms with Gasteiger partial charge in [-0.05, 0) is 0 Å². The summed E-state index contributed by atoms with van der Waals surface area (Å²) >= 11 is 0. The van der Waals surface area contributed by atoms with Gasteiger partial charge in [0.2, 0.25) is 0 Å². The molecule has 0 amide bonds. The molecule has 0 aromatic heterocycles. The van der Waals surface area contributed by atoms with E-state index in [1.54, 1.807) is 0 Å². The molecule has 0 saturated heterocycles. The lowest BCUT2D eigenvalue weighted by atomic mass is 10.4. The summed E-state index contributed by atoms with van der Waals surface area (Å²) in [7, 11) is -5.80. The van der Waals surface area contributed by atoms with E-state index in [1.807, 2.05) is 0 Å². The van der Waals surface area contributed by atoms with Crippen LogP contribution in [0.1, 0.15) is 0 Å². The van der Waals surface area contributed by atoms with Gasteiger partial charge in [0, 0.05) is 0 Å². The molecule has 3 nitrogen and oxygen atoms in total. The van der Waals surface area contributed by atoms with Gasteiger partial charge >= 0.3 is 11.2 Å². The van der Waals surface area contributed by atoms with Crippen molar-refractivity contribution in [2.75, 3.05) is 6.67 Å². The summed E-state index contributed by atoms with van der Waals surface area (Å²) in [5.74, 6) is -5.29. The predicted octanol–water partition coefficient (Wildman–Crippen LogP) is 0.473. The van der Waals surface area contributed by atoms with Gasteiger partial charge in [-0.3, -0.25) is 0 Å². The Hall–Kier alpha value is -0.440. The SMILES string of the molecule is NS(=O)(=O)C(F)(F)C(F)(F)CF. The third-order valence-corrected chi connectivity index (χ3v) is 1.96. The van der Waals surface area contributed by atoms with Crippen LogP contribution >= 0.6 is 0 Å². The standard InChI is InChI=1S/C3H4F5NO2S/c4-1-2(5,6)3(7,8)12(9,10)11/h1H2,(H2,9,10,11). The summed E-state index contributed by atoms with van der Waals surface area (Å²) in [5.41, 5.74) is 0. The minimum absolute atomic E-state index is 2.80. The maximum absolute atomic E-state index is 12.0. The van der Waals surface area contributed by atoms with Crippen LogP contribution in [0.15, 0.2) is 0 Å². The van der Waals surface area contributed by atoms with E-state index in [0.29, 0.717) is 0 Å². The number of sulfonamides is 1. The van der Waals surface area contributed by atoms with Gasteiger partial charge in [-0.1, -0.05) is 0 Å². The highest BCUT2D eigenvalue weighted by Gasteiger charge is 2.64. The molecule has 12 heavy (non-hydrogen) atoms. The van der Waals surface area contributed by atoms with Gasteiger partial charge in [-0.15, -0.1) is 0 Å². The lowest BCUT2D eigenvalue weighted by Crippen LogP contribution is -2.51. The minimum atomic E-state index is -5.80. The lowest BCUT2D eigenvalue weighted by molar-refractivity contribution is -0.165. The van der Waals surface area contributed by atoms with E-state index in [2.05, 4.69) is 5.14 Å². The molecule has 0 spiro atoms. The zero-order valence-electron chi connectivity index (χ0n) is 5.40. The van der Waals surface area contributed by atoms with Crippen LogP contribution in [0.4, 0.5) is 22.0 Å². The van der Waals surface area contributed by atoms with Crippen LogP contribution in [0, 0.1) is 0 Å². The average Bonchev–Trinajstić information content (AvgIpc) is 1.85. The highest BCUT2D eigenvalue weighted by atomic mass is 32.2. The van der Waals surface area contributed by atoms with E-state index in [4.69, 9.17) is 0 Å². The molecule has 0 heterocycles. The van der Waals surface area contributed by atoms with E-state index >= 15 is 0 Å². The second-order valence-electron chi connectivity index (χ2n) is 1.90. The Morgan fingerprint density at radius 3 is 1.58 bits per heavy atom. The summed E-state index contributed by atoms with van der Waals surface area (Å²) in [6.07, 6.45) is 0. The average molecular weight is 213 g/mol. The Morgan fingerprint density at radius 2 is 1.50 bits per heavy atom. The Kier molecular flexibility index (Phi) is 2.70. The fraction of sp³-hybridized carbons (Fsp3) is 1.00. The number of hydrogen-bond donors (Lipinski definition) is 1. The molecule has 0 radical (unpaired) electrons. The van der Waals surface area contributed by atoms with Crippen LogP contribution in [0.5, 0.6) is 0 Å². The molecule has 0 aliphatic heterocycles. The molecule has 0 rings (SSSR count). The highest BCUT2D eigenvalue weighted by molar-refractivity contribution is 7.90. The first kappa shape index (κ1) is 11.6. The largest absolute Gasteiger partial charge is 0.423 e. The summed E-state index contributed by atoms with van der Waals surface area (Å²) in [6, 6.07) is 0. The van der Waals surface area contributed by atoms with Crippen molar-refractivity contribution in [2.24, 2.45) is 5.14 Å². The normalized spacial score (nSPS) is 14.8. The quantitative estimate of drug-likeness (QED) is 0.693. The van der Waals surface area contributed by atoms with E-state index in [1.165, 1.54) is 0 Å². The first-order valence-corrected chi connectivity index (χ1v) is 3.95. The van der Waals surface area contributed by atoms with Crippen LogP contribution in [0.25, 0.3) is 0 Å². The zero-order valence-corrected chi connectivity index (χ0v) is 6.22. The maximum Gasteiger partial charge on any atom is 0.423 e. The van der Waals surface area contributed by atoms with Crippen LogP contribution in [-0.2, 0) is 10.0 Å². The molecule has 0 saturated carbocycles. The van der Waals surface area contributed by atoms with Crippen molar-refractivity contribution in [3.05, 3.63) is 0 Å². The Labute approximate surface area is 64.4 Å². The molecule has 0 unspecified atom stereocenters. The van der Waals surface area contributed by atoms with Gasteiger partial charge in [-0.2, -0.15) is 17.6 Å². The molecule has 0 aliphatic carbocycles. The van der Waals surface area contributed by atoms with Crippen molar-refractivity contribution >= 4 is 10.0 Å². The van der Waals surface area contributed by atoms with Gasteiger partial charge in [0.25, 0.3) is 10.0 Å². The third-order valence-electron chi connectivity index (χ3n) is 0.951. The van der Waals surface area contributed by atoms with E-state index in [-0.39, 0.29) is 0 Å². The van der Waals surface area contributed by atoms with Crippen molar-refractivity contribution in [1.82, 2.24) is 0 Å². The zero-order chi connectivity index (χ0) is 10.2. The van der Waals surface area contributed by atoms with Crippen molar-refractivity contribution in [2.45, 2.75) is 11.2 Å². The van der Waals surface area contributed by atoms with Crippen molar-refractivity contribution in [1.29, 1.82) is 0 Å². The third kappa shape index (κ3) is 1.66. The maximum atomic E-state index is 12.0. The van der Waals surface area contributed by atoms with Gasteiger partial charge in [-0.25, -0.2) is 17.9 Å². The summed E-state index contributed by atoms with van der Waals surface area (Å²) in [4.78, 5) is 0. The number of hydrogen-bond acceptors (Lipinski definition) is 2. The Bertz CT molecular complexity index is 260. The van der Waals surface area contributed by atoms with Crippen molar-refractivity contribution < 1.29 is 30.4 Å². The number of halogens is 5. The van der Waals surface area contributed by atoms with Gasteiger partial charge < -0.3 is 0 Å². The second-order valence-corrected chi connectivity index (χ2v) is 3.50. The van der Waals surface area contributed by atoms with E-state index < -0.39 is 27.9 Å². The molecular formula is C3H4F5NO2S. The van der Waals surface area contributed by atoms with Crippen LogP contribution in [0.2, 0.25) is 0 Å². The fourth-order valence-electron chi connectivity index (χ4n) is 0.286. The fourth-order valence-corrected chi connectivity index (χ4v) is 0.757. The number of primary sulfonamides is 1. The number of nitrogens with two attached hydrogens (primary N) is 1. The molecule has 0 aliphatic rings. The van der Waals surface area contributed by atoms with Crippen LogP contribution in [-0.4, -0.2) is 26.3 Å². The summed E-state index contributed by atoms with van der Waals surface area (Å²) in [5, 5.41) is -1.82. The van der Waals surface area contributed by atoms with Gasteiger partial charge in [0.1, 0.15) is 0 Å². The number of alkyl halides is 5. The molecule has 74 valence electrons. The first-order chi connectivity index (χ1) is 5.06. The van der Waals surface area contributed by atoms with E-state index in [9.17, 15) is 30.4 Å². The van der Waals surface area contributed by atoms with Crippen LogP contribution < -0.4 is 5.14 Å². The lowest BCUT2D eigenvalue weighted by Gasteiger charge is -2.21. The molecule has 0 atom stereocenters. The monoisotopic (exact) mass is 213 g/mol.